The molecule has 0 unspecified atom stereocenters. The van der Waals surface area contributed by atoms with Gasteiger partial charge in [0, 0.05) is 6.07 Å². The first-order valence-corrected chi connectivity index (χ1v) is 7.17. The molecule has 0 spiro atoms. The van der Waals surface area contributed by atoms with Crippen molar-refractivity contribution in [2.45, 2.75) is 45.4 Å². The van der Waals surface area contributed by atoms with Crippen LogP contribution in [0, 0.1) is 35.3 Å². The molecule has 0 radical (unpaired) electrons. The Labute approximate surface area is 123 Å². The molecule has 2 rings (SSSR count). The molecule has 1 fully saturated rings. The van der Waals surface area contributed by atoms with Gasteiger partial charge in [0.15, 0.2) is 0 Å². The number of rotatable bonds is 2. The summed E-state index contributed by atoms with van der Waals surface area (Å²) >= 11 is 0. The Morgan fingerprint density at radius 1 is 1.19 bits per heavy atom. The highest BCUT2D eigenvalue weighted by Gasteiger charge is 2.39. The zero-order valence-electron chi connectivity index (χ0n) is 12.0. The summed E-state index contributed by atoms with van der Waals surface area (Å²) in [5.74, 6) is -1.81. The normalized spacial score (nSPS) is 17.6. The van der Waals surface area contributed by atoms with Gasteiger partial charge in [0.05, 0.1) is 11.8 Å². The van der Waals surface area contributed by atoms with Crippen molar-refractivity contribution < 1.29 is 13.6 Å². The highest BCUT2D eigenvalue weighted by atomic mass is 19.1. The van der Waals surface area contributed by atoms with Crippen molar-refractivity contribution in [3.63, 3.8) is 0 Å². The van der Waals surface area contributed by atoms with Crippen LogP contribution in [-0.4, -0.2) is 5.91 Å². The van der Waals surface area contributed by atoms with E-state index in [9.17, 15) is 18.8 Å². The molecule has 0 saturated heterocycles. The first-order chi connectivity index (χ1) is 9.98. The van der Waals surface area contributed by atoms with E-state index in [1.807, 2.05) is 0 Å². The Hall–Kier alpha value is -1.96. The van der Waals surface area contributed by atoms with Crippen LogP contribution in [0.2, 0.25) is 0 Å². The third-order valence-corrected chi connectivity index (χ3v) is 4.10. The predicted octanol–water partition coefficient (Wildman–Crippen LogP) is 4.08. The maximum atomic E-state index is 13.8. The largest absolute Gasteiger partial charge is 0.322 e. The van der Waals surface area contributed by atoms with Crippen LogP contribution < -0.4 is 5.32 Å². The fourth-order valence-corrected chi connectivity index (χ4v) is 2.71. The molecule has 21 heavy (non-hydrogen) atoms. The molecule has 5 heteroatoms. The second-order valence-electron chi connectivity index (χ2n) is 5.64. The summed E-state index contributed by atoms with van der Waals surface area (Å²) in [5, 5.41) is 11.8. The number of carbonyl (C=O) groups is 1. The van der Waals surface area contributed by atoms with Crippen molar-refractivity contribution in [3.8, 4) is 6.07 Å². The minimum absolute atomic E-state index is 0.176. The fourth-order valence-electron chi connectivity index (χ4n) is 2.71. The topological polar surface area (TPSA) is 52.9 Å². The van der Waals surface area contributed by atoms with Gasteiger partial charge in [-0.2, -0.15) is 5.26 Å². The molecule has 112 valence electrons. The Balaban J connectivity index is 2.24. The van der Waals surface area contributed by atoms with Gasteiger partial charge in [-0.1, -0.05) is 25.7 Å². The summed E-state index contributed by atoms with van der Waals surface area (Å²) < 4.78 is 27.3. The molecule has 3 nitrogen and oxygen atoms in total. The van der Waals surface area contributed by atoms with Gasteiger partial charge in [-0.3, -0.25) is 4.79 Å². The summed E-state index contributed by atoms with van der Waals surface area (Å²) in [6.07, 6.45) is 4.50. The third-order valence-electron chi connectivity index (χ3n) is 4.10. The number of anilines is 1. The lowest BCUT2D eigenvalue weighted by Crippen LogP contribution is -2.35. The van der Waals surface area contributed by atoms with Crippen LogP contribution in [0.1, 0.15) is 44.1 Å². The number of hydrogen-bond acceptors (Lipinski definition) is 2. The summed E-state index contributed by atoms with van der Waals surface area (Å²) in [6, 6.07) is 4.10. The summed E-state index contributed by atoms with van der Waals surface area (Å²) in [4.78, 5) is 12.4. The summed E-state index contributed by atoms with van der Waals surface area (Å²) in [7, 11) is 0. The molecule has 0 atom stereocenters. The van der Waals surface area contributed by atoms with Gasteiger partial charge in [-0.05, 0) is 31.4 Å². The molecule has 1 aliphatic carbocycles. The number of nitrogens with one attached hydrogen (secondary N) is 1. The van der Waals surface area contributed by atoms with Gasteiger partial charge < -0.3 is 5.32 Å². The maximum Gasteiger partial charge on any atom is 0.244 e. The van der Waals surface area contributed by atoms with Gasteiger partial charge in [0.25, 0.3) is 0 Å². The van der Waals surface area contributed by atoms with E-state index in [4.69, 9.17) is 0 Å². The zero-order chi connectivity index (χ0) is 15.5. The smallest absolute Gasteiger partial charge is 0.244 e. The van der Waals surface area contributed by atoms with Gasteiger partial charge in [-0.15, -0.1) is 0 Å². The van der Waals surface area contributed by atoms with Crippen LogP contribution >= 0.6 is 0 Å². The van der Waals surface area contributed by atoms with E-state index in [0.717, 1.165) is 37.8 Å². The van der Waals surface area contributed by atoms with Crippen LogP contribution in [0.5, 0.6) is 0 Å². The molecule has 0 aromatic heterocycles. The predicted molar refractivity (Wildman–Crippen MR) is 75.5 cm³/mol. The average molecular weight is 292 g/mol. The number of carbonyl (C=O) groups excluding carboxylic acids is 1. The van der Waals surface area contributed by atoms with Crippen molar-refractivity contribution in [2.24, 2.45) is 5.41 Å². The Bertz CT molecular complexity index is 585. The zero-order valence-corrected chi connectivity index (χ0v) is 12.0. The van der Waals surface area contributed by atoms with E-state index < -0.39 is 23.0 Å². The second kappa shape index (κ2) is 6.21. The van der Waals surface area contributed by atoms with Gasteiger partial charge in [0.1, 0.15) is 17.0 Å². The van der Waals surface area contributed by atoms with E-state index in [1.54, 1.807) is 0 Å². The highest BCUT2D eigenvalue weighted by Crippen LogP contribution is 2.36. The van der Waals surface area contributed by atoms with E-state index in [-0.39, 0.29) is 11.3 Å². The minimum atomic E-state index is -1.13. The van der Waals surface area contributed by atoms with Crippen molar-refractivity contribution in [3.05, 3.63) is 29.3 Å². The van der Waals surface area contributed by atoms with E-state index in [2.05, 4.69) is 11.4 Å². The van der Waals surface area contributed by atoms with Crippen molar-refractivity contribution in [1.29, 1.82) is 5.26 Å². The molecule has 1 N–H and O–H groups in total. The Morgan fingerprint density at radius 3 is 2.38 bits per heavy atom. The van der Waals surface area contributed by atoms with Crippen molar-refractivity contribution in [2.75, 3.05) is 5.32 Å². The molecule has 0 bridgehead atoms. The van der Waals surface area contributed by atoms with Crippen LogP contribution in [0.15, 0.2) is 12.1 Å². The number of amides is 1. The lowest BCUT2D eigenvalue weighted by molar-refractivity contribution is -0.123. The first kappa shape index (κ1) is 15.4. The van der Waals surface area contributed by atoms with Gasteiger partial charge >= 0.3 is 0 Å². The molecule has 1 aromatic rings. The number of nitriles is 1. The maximum absolute atomic E-state index is 13.8. The molecular formula is C16H18F2N2O. The van der Waals surface area contributed by atoms with E-state index in [1.165, 1.54) is 6.92 Å². The molecule has 1 amide bonds. The number of nitrogens with zero attached hydrogens (tertiary/aromatic N) is 1. The Morgan fingerprint density at radius 2 is 1.81 bits per heavy atom. The second-order valence-corrected chi connectivity index (χ2v) is 5.64. The average Bonchev–Trinajstić information content (AvgIpc) is 2.71. The van der Waals surface area contributed by atoms with Crippen LogP contribution in [0.25, 0.3) is 0 Å². The minimum Gasteiger partial charge on any atom is -0.322 e. The lowest BCUT2D eigenvalue weighted by atomic mass is 9.81. The molecule has 0 aliphatic heterocycles. The SMILES string of the molecule is Cc1cc(F)c(NC(=O)C2(C#N)CCCCCC2)cc1F. The quantitative estimate of drug-likeness (QED) is 0.835. The third kappa shape index (κ3) is 3.21. The highest BCUT2D eigenvalue weighted by molar-refractivity contribution is 5.97. The van der Waals surface area contributed by atoms with Crippen molar-refractivity contribution >= 4 is 11.6 Å². The van der Waals surface area contributed by atoms with E-state index >= 15 is 0 Å². The lowest BCUT2D eigenvalue weighted by Gasteiger charge is -2.23. The molecule has 0 heterocycles. The Kier molecular flexibility index (Phi) is 4.56. The van der Waals surface area contributed by atoms with Gasteiger partial charge in [-0.25, -0.2) is 8.78 Å². The number of halogens is 2. The standard InChI is InChI=1S/C16H18F2N2O/c1-11-8-13(18)14(9-12(11)17)20-15(21)16(10-19)6-4-2-3-5-7-16/h8-9H,2-7H2,1H3,(H,20,21). The van der Waals surface area contributed by atoms with Crippen LogP contribution in [0.4, 0.5) is 14.5 Å². The van der Waals surface area contributed by atoms with Gasteiger partial charge in [0.2, 0.25) is 5.91 Å². The number of aryl methyl sites for hydroxylation is 1. The fraction of sp³-hybridized carbons (Fsp3) is 0.500. The number of benzene rings is 1. The molecular weight excluding hydrogens is 274 g/mol. The van der Waals surface area contributed by atoms with Crippen LogP contribution in [0.3, 0.4) is 0 Å². The summed E-state index contributed by atoms with van der Waals surface area (Å²) in [6.45, 7) is 1.45. The number of hydrogen-bond donors (Lipinski definition) is 1. The van der Waals surface area contributed by atoms with Crippen molar-refractivity contribution in [1.82, 2.24) is 0 Å². The molecule has 1 aliphatic rings. The van der Waals surface area contributed by atoms with E-state index in [0.29, 0.717) is 12.8 Å². The molecule has 1 saturated carbocycles. The van der Waals surface area contributed by atoms with Crippen LogP contribution in [-0.2, 0) is 4.79 Å². The molecule has 1 aromatic carbocycles. The first-order valence-electron chi connectivity index (χ1n) is 7.17. The summed E-state index contributed by atoms with van der Waals surface area (Å²) in [5.41, 5.74) is -1.17. The monoisotopic (exact) mass is 292 g/mol.